The highest BCUT2D eigenvalue weighted by atomic mass is 16.3. The topological polar surface area (TPSA) is 66.6 Å². The van der Waals surface area contributed by atoms with Crippen molar-refractivity contribution in [2.24, 2.45) is 5.73 Å². The molecule has 2 rings (SSSR count). The lowest BCUT2D eigenvalue weighted by Gasteiger charge is -2.16. The third-order valence-corrected chi connectivity index (χ3v) is 2.82. The number of carbonyl (C=O) groups excluding carboxylic acids is 1. The molecule has 0 heterocycles. The van der Waals surface area contributed by atoms with Crippen LogP contribution in [0.15, 0.2) is 24.3 Å². The van der Waals surface area contributed by atoms with E-state index >= 15 is 0 Å². The minimum absolute atomic E-state index is 0.505. The first-order chi connectivity index (χ1) is 7.03. The molecule has 0 aromatic heterocycles. The van der Waals surface area contributed by atoms with Gasteiger partial charge in [-0.1, -0.05) is 12.1 Å². The van der Waals surface area contributed by atoms with Crippen LogP contribution in [0.2, 0.25) is 0 Å². The van der Waals surface area contributed by atoms with Crippen molar-refractivity contribution in [3.05, 3.63) is 29.8 Å². The van der Waals surface area contributed by atoms with E-state index in [-0.39, 0.29) is 0 Å². The van der Waals surface area contributed by atoms with Gasteiger partial charge >= 0.3 is 6.03 Å². The summed E-state index contributed by atoms with van der Waals surface area (Å²) in [5.41, 5.74) is 6.06. The summed E-state index contributed by atoms with van der Waals surface area (Å²) in [7, 11) is 1.61. The minimum atomic E-state index is -0.672. The summed E-state index contributed by atoms with van der Waals surface area (Å²) in [6.07, 6.45) is 1.58. The Morgan fingerprint density at radius 2 is 2.20 bits per heavy atom. The van der Waals surface area contributed by atoms with E-state index in [2.05, 4.69) is 0 Å². The van der Waals surface area contributed by atoms with Crippen LogP contribution in [-0.2, 0) is 5.60 Å². The molecule has 0 bridgehead atoms. The number of hydrogen-bond acceptors (Lipinski definition) is 2. The molecule has 0 saturated heterocycles. The van der Waals surface area contributed by atoms with Crippen molar-refractivity contribution in [1.82, 2.24) is 0 Å². The maximum atomic E-state index is 11.0. The number of carbonyl (C=O) groups is 1. The Labute approximate surface area is 88.3 Å². The second-order valence-electron chi connectivity index (χ2n) is 3.98. The molecule has 0 radical (unpaired) electrons. The molecule has 1 aliphatic rings. The Morgan fingerprint density at radius 3 is 2.73 bits per heavy atom. The zero-order valence-electron chi connectivity index (χ0n) is 8.60. The third kappa shape index (κ3) is 1.80. The maximum Gasteiger partial charge on any atom is 0.318 e. The van der Waals surface area contributed by atoms with Crippen LogP contribution in [0.1, 0.15) is 18.4 Å². The molecular weight excluding hydrogens is 192 g/mol. The van der Waals surface area contributed by atoms with Crippen LogP contribution in [0.4, 0.5) is 10.5 Å². The van der Waals surface area contributed by atoms with E-state index in [1.54, 1.807) is 19.2 Å². The summed E-state index contributed by atoms with van der Waals surface area (Å²) in [6, 6.07) is 6.78. The van der Waals surface area contributed by atoms with E-state index in [1.165, 1.54) is 4.90 Å². The average Bonchev–Trinajstić information content (AvgIpc) is 2.97. The quantitative estimate of drug-likeness (QED) is 0.763. The van der Waals surface area contributed by atoms with Gasteiger partial charge in [0.1, 0.15) is 0 Å². The number of benzene rings is 1. The van der Waals surface area contributed by atoms with Crippen molar-refractivity contribution < 1.29 is 9.90 Å². The zero-order valence-corrected chi connectivity index (χ0v) is 8.60. The van der Waals surface area contributed by atoms with Gasteiger partial charge in [-0.3, -0.25) is 4.90 Å². The standard InChI is InChI=1S/C11H14N2O2/c1-13(10(12)14)9-4-2-3-8(7-9)11(15)5-6-11/h2-4,7,15H,5-6H2,1H3,(H2,12,14). The first kappa shape index (κ1) is 9.98. The number of primary amides is 1. The summed E-state index contributed by atoms with van der Waals surface area (Å²) in [6.45, 7) is 0. The van der Waals surface area contributed by atoms with Gasteiger partial charge in [0.25, 0.3) is 0 Å². The van der Waals surface area contributed by atoms with Gasteiger partial charge in [-0.25, -0.2) is 4.79 Å². The Morgan fingerprint density at radius 1 is 1.53 bits per heavy atom. The van der Waals surface area contributed by atoms with Crippen LogP contribution in [-0.4, -0.2) is 18.2 Å². The van der Waals surface area contributed by atoms with Gasteiger partial charge in [-0.15, -0.1) is 0 Å². The maximum absolute atomic E-state index is 11.0. The molecule has 4 heteroatoms. The molecule has 15 heavy (non-hydrogen) atoms. The van der Waals surface area contributed by atoms with E-state index in [0.717, 1.165) is 18.4 Å². The van der Waals surface area contributed by atoms with Gasteiger partial charge in [-0.2, -0.15) is 0 Å². The summed E-state index contributed by atoms with van der Waals surface area (Å²) >= 11 is 0. The second-order valence-corrected chi connectivity index (χ2v) is 3.98. The molecule has 80 valence electrons. The molecule has 0 atom stereocenters. The van der Waals surface area contributed by atoms with Crippen LogP contribution in [0.5, 0.6) is 0 Å². The van der Waals surface area contributed by atoms with Crippen LogP contribution in [0.3, 0.4) is 0 Å². The fourth-order valence-electron chi connectivity index (χ4n) is 1.54. The number of urea groups is 1. The number of nitrogens with zero attached hydrogens (tertiary/aromatic N) is 1. The number of aliphatic hydroxyl groups is 1. The second kappa shape index (κ2) is 3.24. The number of rotatable bonds is 2. The highest BCUT2D eigenvalue weighted by molar-refractivity contribution is 5.90. The molecule has 0 unspecified atom stereocenters. The van der Waals surface area contributed by atoms with Gasteiger partial charge < -0.3 is 10.8 Å². The Hall–Kier alpha value is -1.55. The van der Waals surface area contributed by atoms with E-state index in [4.69, 9.17) is 5.73 Å². The molecular formula is C11H14N2O2. The predicted molar refractivity (Wildman–Crippen MR) is 57.6 cm³/mol. The van der Waals surface area contributed by atoms with Crippen molar-refractivity contribution in [3.63, 3.8) is 0 Å². The van der Waals surface area contributed by atoms with Crippen LogP contribution in [0, 0.1) is 0 Å². The smallest absolute Gasteiger partial charge is 0.318 e. The molecule has 0 aliphatic heterocycles. The summed E-state index contributed by atoms with van der Waals surface area (Å²) < 4.78 is 0. The van der Waals surface area contributed by atoms with Crippen molar-refractivity contribution in [1.29, 1.82) is 0 Å². The fraction of sp³-hybridized carbons (Fsp3) is 0.364. The highest BCUT2D eigenvalue weighted by Gasteiger charge is 2.42. The van der Waals surface area contributed by atoms with Crippen LogP contribution < -0.4 is 10.6 Å². The van der Waals surface area contributed by atoms with Crippen molar-refractivity contribution in [3.8, 4) is 0 Å². The first-order valence-corrected chi connectivity index (χ1v) is 4.89. The summed E-state index contributed by atoms with van der Waals surface area (Å²) in [5.74, 6) is 0. The Balaban J connectivity index is 2.30. The fourth-order valence-corrected chi connectivity index (χ4v) is 1.54. The van der Waals surface area contributed by atoms with E-state index < -0.39 is 11.6 Å². The number of amides is 2. The van der Waals surface area contributed by atoms with Gasteiger partial charge in [0.05, 0.1) is 5.60 Å². The monoisotopic (exact) mass is 206 g/mol. The number of nitrogens with two attached hydrogens (primary N) is 1. The minimum Gasteiger partial charge on any atom is -0.385 e. The Kier molecular flexibility index (Phi) is 2.16. The largest absolute Gasteiger partial charge is 0.385 e. The van der Waals surface area contributed by atoms with E-state index in [0.29, 0.717) is 5.69 Å². The summed E-state index contributed by atoms with van der Waals surface area (Å²) in [4.78, 5) is 12.3. The van der Waals surface area contributed by atoms with Crippen molar-refractivity contribution in [2.75, 3.05) is 11.9 Å². The highest BCUT2D eigenvalue weighted by Crippen LogP contribution is 2.45. The Bertz CT molecular complexity index is 399. The lowest BCUT2D eigenvalue weighted by atomic mass is 10.1. The lowest BCUT2D eigenvalue weighted by molar-refractivity contribution is 0.151. The molecule has 2 amide bonds. The average molecular weight is 206 g/mol. The molecule has 0 spiro atoms. The van der Waals surface area contributed by atoms with Gasteiger partial charge in [0, 0.05) is 12.7 Å². The molecule has 1 aromatic carbocycles. The molecule has 1 saturated carbocycles. The molecule has 1 aromatic rings. The van der Waals surface area contributed by atoms with Gasteiger partial charge in [-0.05, 0) is 30.5 Å². The lowest BCUT2D eigenvalue weighted by Crippen LogP contribution is -2.31. The summed E-state index contributed by atoms with van der Waals surface area (Å²) in [5, 5.41) is 9.91. The molecule has 3 N–H and O–H groups in total. The first-order valence-electron chi connectivity index (χ1n) is 4.89. The molecule has 1 aliphatic carbocycles. The SMILES string of the molecule is CN(C(N)=O)c1cccc(C2(O)CC2)c1. The van der Waals surface area contributed by atoms with Crippen LogP contribution in [0.25, 0.3) is 0 Å². The van der Waals surface area contributed by atoms with Crippen molar-refractivity contribution >= 4 is 11.7 Å². The predicted octanol–water partition coefficient (Wildman–Crippen LogP) is 1.18. The van der Waals surface area contributed by atoms with E-state index in [1.807, 2.05) is 12.1 Å². The van der Waals surface area contributed by atoms with Crippen LogP contribution >= 0.6 is 0 Å². The van der Waals surface area contributed by atoms with Crippen molar-refractivity contribution in [2.45, 2.75) is 18.4 Å². The third-order valence-electron chi connectivity index (χ3n) is 2.82. The van der Waals surface area contributed by atoms with Gasteiger partial charge in [0.2, 0.25) is 0 Å². The normalized spacial score (nSPS) is 17.2. The zero-order chi connectivity index (χ0) is 11.1. The molecule has 4 nitrogen and oxygen atoms in total. The molecule has 1 fully saturated rings. The van der Waals surface area contributed by atoms with Gasteiger partial charge in [0.15, 0.2) is 0 Å². The van der Waals surface area contributed by atoms with E-state index in [9.17, 15) is 9.90 Å². The number of hydrogen-bond donors (Lipinski definition) is 2. The number of anilines is 1.